The third kappa shape index (κ3) is 8.83. The van der Waals surface area contributed by atoms with Gasteiger partial charge in [-0.2, -0.15) is 0 Å². The second-order valence-corrected chi connectivity index (χ2v) is 6.73. The van der Waals surface area contributed by atoms with Gasteiger partial charge in [-0.15, -0.1) is 0 Å². The van der Waals surface area contributed by atoms with Crippen molar-refractivity contribution in [1.29, 1.82) is 0 Å². The van der Waals surface area contributed by atoms with E-state index in [9.17, 15) is 14.4 Å². The van der Waals surface area contributed by atoms with Gasteiger partial charge in [0.1, 0.15) is 0 Å². The van der Waals surface area contributed by atoms with Gasteiger partial charge in [-0.25, -0.2) is 4.79 Å². The zero-order valence-electron chi connectivity index (χ0n) is 15.4. The predicted molar refractivity (Wildman–Crippen MR) is 94.3 cm³/mol. The SMILES string of the molecule is CC(C)NC(C(=O)N[C@@H](CCCNC(N)=O)C(=O)C(C)N)C(C)C. The Balaban J connectivity index is 4.85. The van der Waals surface area contributed by atoms with Gasteiger partial charge in [0.15, 0.2) is 5.78 Å². The van der Waals surface area contributed by atoms with E-state index in [2.05, 4.69) is 16.0 Å². The van der Waals surface area contributed by atoms with Gasteiger partial charge in [0.2, 0.25) is 5.91 Å². The third-order valence-corrected chi connectivity index (χ3v) is 3.54. The van der Waals surface area contributed by atoms with Crippen LogP contribution in [0.25, 0.3) is 0 Å². The number of nitrogens with two attached hydrogens (primary N) is 2. The summed E-state index contributed by atoms with van der Waals surface area (Å²) in [4.78, 5) is 35.5. The fourth-order valence-electron chi connectivity index (χ4n) is 2.31. The van der Waals surface area contributed by atoms with Crippen molar-refractivity contribution in [1.82, 2.24) is 16.0 Å². The molecule has 0 bridgehead atoms. The number of hydrogen-bond acceptors (Lipinski definition) is 5. The van der Waals surface area contributed by atoms with Gasteiger partial charge in [-0.1, -0.05) is 27.7 Å². The molecule has 0 aliphatic carbocycles. The molecule has 0 heterocycles. The summed E-state index contributed by atoms with van der Waals surface area (Å²) < 4.78 is 0. The molecule has 0 radical (unpaired) electrons. The first kappa shape index (κ1) is 22.3. The molecule has 0 spiro atoms. The first-order valence-corrected chi connectivity index (χ1v) is 8.45. The molecule has 8 nitrogen and oxygen atoms in total. The molecule has 140 valence electrons. The number of rotatable bonds is 11. The number of urea groups is 1. The summed E-state index contributed by atoms with van der Waals surface area (Å²) in [7, 11) is 0. The Bertz CT molecular complexity index is 424. The molecule has 24 heavy (non-hydrogen) atoms. The summed E-state index contributed by atoms with van der Waals surface area (Å²) in [6, 6.07) is -2.21. The van der Waals surface area contributed by atoms with Crippen LogP contribution in [0.2, 0.25) is 0 Å². The zero-order valence-corrected chi connectivity index (χ0v) is 15.4. The molecule has 0 fully saturated rings. The molecule has 0 aromatic heterocycles. The number of amides is 3. The van der Waals surface area contributed by atoms with Crippen molar-refractivity contribution in [2.24, 2.45) is 17.4 Å². The lowest BCUT2D eigenvalue weighted by Crippen LogP contribution is -2.55. The number of ketones is 1. The van der Waals surface area contributed by atoms with E-state index in [1.165, 1.54) is 0 Å². The van der Waals surface area contributed by atoms with E-state index in [1.807, 2.05) is 27.7 Å². The fourth-order valence-corrected chi connectivity index (χ4v) is 2.31. The van der Waals surface area contributed by atoms with Crippen LogP contribution in [0.1, 0.15) is 47.5 Å². The molecule has 2 unspecified atom stereocenters. The molecule has 0 rings (SSSR count). The maximum absolute atomic E-state index is 12.5. The highest BCUT2D eigenvalue weighted by molar-refractivity contribution is 5.93. The summed E-state index contributed by atoms with van der Waals surface area (Å²) >= 11 is 0. The molecule has 0 saturated carbocycles. The molecule has 0 aliphatic rings. The lowest BCUT2D eigenvalue weighted by atomic mass is 9.98. The Hall–Kier alpha value is -1.67. The normalized spacial score (nSPS) is 15.0. The molecule has 0 aromatic carbocycles. The van der Waals surface area contributed by atoms with Crippen molar-refractivity contribution >= 4 is 17.7 Å². The highest BCUT2D eigenvalue weighted by Crippen LogP contribution is 2.07. The largest absolute Gasteiger partial charge is 0.352 e. The Kier molecular flexibility index (Phi) is 10.2. The summed E-state index contributed by atoms with van der Waals surface area (Å²) in [6.07, 6.45) is 0.898. The lowest BCUT2D eigenvalue weighted by Gasteiger charge is -2.27. The first-order valence-electron chi connectivity index (χ1n) is 8.45. The Morgan fingerprint density at radius 1 is 1.04 bits per heavy atom. The van der Waals surface area contributed by atoms with Crippen molar-refractivity contribution in [3.63, 3.8) is 0 Å². The fraction of sp³-hybridized carbons (Fsp3) is 0.812. The molecular formula is C16H33N5O3. The maximum Gasteiger partial charge on any atom is 0.312 e. The van der Waals surface area contributed by atoms with Gasteiger partial charge in [-0.05, 0) is 25.7 Å². The summed E-state index contributed by atoms with van der Waals surface area (Å²) in [5, 5.41) is 8.47. The highest BCUT2D eigenvalue weighted by atomic mass is 16.2. The average molecular weight is 343 g/mol. The van der Waals surface area contributed by atoms with Crippen LogP contribution in [0.3, 0.4) is 0 Å². The van der Waals surface area contributed by atoms with E-state index >= 15 is 0 Å². The molecule has 3 atom stereocenters. The van der Waals surface area contributed by atoms with Crippen molar-refractivity contribution in [2.45, 2.75) is 71.6 Å². The van der Waals surface area contributed by atoms with E-state index in [1.54, 1.807) is 6.92 Å². The topological polar surface area (TPSA) is 139 Å². The zero-order chi connectivity index (χ0) is 18.9. The Labute approximate surface area is 144 Å². The second-order valence-electron chi connectivity index (χ2n) is 6.73. The predicted octanol–water partition coefficient (Wildman–Crippen LogP) is -0.141. The van der Waals surface area contributed by atoms with E-state index in [4.69, 9.17) is 11.5 Å². The molecule has 7 N–H and O–H groups in total. The van der Waals surface area contributed by atoms with Crippen molar-refractivity contribution < 1.29 is 14.4 Å². The molecule has 8 heteroatoms. The van der Waals surface area contributed by atoms with Crippen molar-refractivity contribution in [3.8, 4) is 0 Å². The van der Waals surface area contributed by atoms with Crippen LogP contribution in [0.5, 0.6) is 0 Å². The van der Waals surface area contributed by atoms with Gasteiger partial charge in [0.25, 0.3) is 0 Å². The van der Waals surface area contributed by atoms with Gasteiger partial charge in [0, 0.05) is 12.6 Å². The lowest BCUT2D eigenvalue weighted by molar-refractivity contribution is -0.130. The Morgan fingerprint density at radius 2 is 1.62 bits per heavy atom. The van der Waals surface area contributed by atoms with Crippen molar-refractivity contribution in [3.05, 3.63) is 0 Å². The summed E-state index contributed by atoms with van der Waals surface area (Å²) in [6.45, 7) is 9.74. The molecule has 0 aliphatic heterocycles. The number of hydrogen-bond donors (Lipinski definition) is 5. The van der Waals surface area contributed by atoms with Gasteiger partial charge in [-0.3, -0.25) is 9.59 Å². The van der Waals surface area contributed by atoms with Crippen LogP contribution in [0, 0.1) is 5.92 Å². The number of primary amides is 1. The first-order chi connectivity index (χ1) is 11.1. The Morgan fingerprint density at radius 3 is 2.04 bits per heavy atom. The number of carbonyl (C=O) groups excluding carboxylic acids is 3. The minimum absolute atomic E-state index is 0.0787. The van der Waals surface area contributed by atoms with Crippen LogP contribution in [-0.2, 0) is 9.59 Å². The van der Waals surface area contributed by atoms with E-state index in [0.717, 1.165) is 0 Å². The van der Waals surface area contributed by atoms with Crippen LogP contribution in [-0.4, -0.2) is 48.4 Å². The average Bonchev–Trinajstić information content (AvgIpc) is 2.45. The molecular weight excluding hydrogens is 310 g/mol. The highest BCUT2D eigenvalue weighted by Gasteiger charge is 2.28. The monoisotopic (exact) mass is 343 g/mol. The minimum Gasteiger partial charge on any atom is -0.352 e. The summed E-state index contributed by atoms with van der Waals surface area (Å²) in [5.74, 6) is -0.370. The number of carbonyl (C=O) groups is 3. The van der Waals surface area contributed by atoms with Gasteiger partial charge >= 0.3 is 6.03 Å². The number of Topliss-reactive ketones (excluding diaryl/α,β-unsaturated/α-hetero) is 1. The minimum atomic E-state index is -0.678. The van der Waals surface area contributed by atoms with Crippen LogP contribution >= 0.6 is 0 Å². The summed E-state index contributed by atoms with van der Waals surface area (Å²) in [5.41, 5.74) is 10.7. The van der Waals surface area contributed by atoms with E-state index in [-0.39, 0.29) is 23.7 Å². The van der Waals surface area contributed by atoms with Crippen molar-refractivity contribution in [2.75, 3.05) is 6.54 Å². The molecule has 0 aromatic rings. The quantitative estimate of drug-likeness (QED) is 0.332. The van der Waals surface area contributed by atoms with Crippen LogP contribution in [0.15, 0.2) is 0 Å². The van der Waals surface area contributed by atoms with E-state index in [0.29, 0.717) is 19.4 Å². The van der Waals surface area contributed by atoms with Crippen LogP contribution < -0.4 is 27.4 Å². The van der Waals surface area contributed by atoms with Gasteiger partial charge in [0.05, 0.1) is 18.1 Å². The smallest absolute Gasteiger partial charge is 0.312 e. The second kappa shape index (κ2) is 11.0. The molecule has 0 saturated heterocycles. The third-order valence-electron chi connectivity index (χ3n) is 3.54. The maximum atomic E-state index is 12.5. The van der Waals surface area contributed by atoms with Crippen LogP contribution in [0.4, 0.5) is 4.79 Å². The van der Waals surface area contributed by atoms with Gasteiger partial charge < -0.3 is 27.4 Å². The number of nitrogens with one attached hydrogen (secondary N) is 3. The standard InChI is InChI=1S/C16H33N5O3/c1-9(2)13(20-10(3)4)15(23)21-12(14(22)11(5)17)7-6-8-19-16(18)24/h9-13,20H,6-8,17H2,1-5H3,(H,21,23)(H3,18,19,24)/t11?,12-,13?/m0/s1. The van der Waals surface area contributed by atoms with E-state index < -0.39 is 24.2 Å². The molecule has 3 amide bonds.